The van der Waals surface area contributed by atoms with Gasteiger partial charge >= 0.3 is 6.18 Å². The lowest BCUT2D eigenvalue weighted by atomic mass is 9.74. The second-order valence-corrected chi connectivity index (χ2v) is 7.10. The van der Waals surface area contributed by atoms with Gasteiger partial charge in [-0.15, -0.1) is 0 Å². The summed E-state index contributed by atoms with van der Waals surface area (Å²) >= 11 is 0. The first-order chi connectivity index (χ1) is 12.4. The summed E-state index contributed by atoms with van der Waals surface area (Å²) in [5, 5.41) is 10.5. The molecule has 0 saturated carbocycles. The molecule has 0 amide bonds. The van der Waals surface area contributed by atoms with Crippen LogP contribution >= 0.6 is 0 Å². The number of methoxy groups -OCH3 is 1. The minimum absolute atomic E-state index is 0.188. The fourth-order valence-electron chi connectivity index (χ4n) is 3.15. The van der Waals surface area contributed by atoms with E-state index in [2.05, 4.69) is 0 Å². The number of nitrogens with zero attached hydrogens (tertiary/aromatic N) is 1. The van der Waals surface area contributed by atoms with E-state index >= 15 is 0 Å². The number of alkyl halides is 3. The fourth-order valence-corrected chi connectivity index (χ4v) is 3.15. The minimum atomic E-state index is -5.01. The van der Waals surface area contributed by atoms with Gasteiger partial charge in [0.2, 0.25) is 0 Å². The third kappa shape index (κ3) is 4.50. The summed E-state index contributed by atoms with van der Waals surface area (Å²) in [6.07, 6.45) is -4.64. The molecule has 0 aliphatic rings. The Labute approximate surface area is 154 Å². The number of aliphatic hydroxyl groups is 1. The number of pyridine rings is 1. The monoisotopic (exact) mass is 387 g/mol. The van der Waals surface area contributed by atoms with E-state index in [9.17, 15) is 27.5 Å². The molecule has 1 aromatic carbocycles. The molecule has 0 radical (unpaired) electrons. The topological polar surface area (TPSA) is 51.5 Å². The number of ether oxygens (including phenoxy) is 1. The van der Waals surface area contributed by atoms with Crippen molar-refractivity contribution in [2.45, 2.75) is 44.0 Å². The number of halogens is 4. The van der Waals surface area contributed by atoms with E-state index in [1.807, 2.05) is 0 Å². The summed E-state index contributed by atoms with van der Waals surface area (Å²) in [6.45, 7) is 1.93. The molecule has 27 heavy (non-hydrogen) atoms. The second kappa shape index (κ2) is 7.34. The number of rotatable bonds is 6. The molecule has 1 aromatic heterocycles. The number of benzene rings is 1. The van der Waals surface area contributed by atoms with Crippen molar-refractivity contribution in [2.75, 3.05) is 7.11 Å². The standard InChI is InChI=1S/C19H21F4NO3/c1-17(2,14-10-13(20)7-8-15(14)27-3)11-18(26,19(21,22)23)12-24-9-5-4-6-16(24)25/h4-10,26H,11-12H2,1-3H3. The van der Waals surface area contributed by atoms with Crippen LogP contribution in [-0.2, 0) is 12.0 Å². The molecule has 2 rings (SSSR count). The lowest BCUT2D eigenvalue weighted by Gasteiger charge is -2.38. The summed E-state index contributed by atoms with van der Waals surface area (Å²) in [7, 11) is 1.33. The van der Waals surface area contributed by atoms with Gasteiger partial charge in [-0.3, -0.25) is 4.79 Å². The molecular formula is C19H21F4NO3. The average molecular weight is 387 g/mol. The van der Waals surface area contributed by atoms with Crippen LogP contribution in [0.5, 0.6) is 5.75 Å². The van der Waals surface area contributed by atoms with Crippen molar-refractivity contribution in [3.63, 3.8) is 0 Å². The van der Waals surface area contributed by atoms with E-state index in [4.69, 9.17) is 4.74 Å². The van der Waals surface area contributed by atoms with Gasteiger partial charge in [-0.05, 0) is 36.1 Å². The highest BCUT2D eigenvalue weighted by Crippen LogP contribution is 2.44. The number of hydrogen-bond donors (Lipinski definition) is 1. The zero-order chi connectivity index (χ0) is 20.5. The van der Waals surface area contributed by atoms with Gasteiger partial charge in [0.1, 0.15) is 11.6 Å². The predicted molar refractivity (Wildman–Crippen MR) is 92.3 cm³/mol. The summed E-state index contributed by atoms with van der Waals surface area (Å²) in [5.41, 5.74) is -5.00. The van der Waals surface area contributed by atoms with Gasteiger partial charge in [0.15, 0.2) is 5.60 Å². The summed E-state index contributed by atoms with van der Waals surface area (Å²) in [6, 6.07) is 7.45. The Bertz CT molecular complexity index is 861. The van der Waals surface area contributed by atoms with Crippen LogP contribution < -0.4 is 10.3 Å². The van der Waals surface area contributed by atoms with Crippen molar-refractivity contribution >= 4 is 0 Å². The molecule has 1 atom stereocenters. The molecule has 2 aromatic rings. The Morgan fingerprint density at radius 2 is 1.81 bits per heavy atom. The molecular weight excluding hydrogens is 366 g/mol. The maximum Gasteiger partial charge on any atom is 0.418 e. The molecule has 1 N–H and O–H groups in total. The Hall–Kier alpha value is -2.35. The zero-order valence-corrected chi connectivity index (χ0v) is 15.2. The van der Waals surface area contributed by atoms with Crippen molar-refractivity contribution in [3.8, 4) is 5.75 Å². The van der Waals surface area contributed by atoms with Crippen LogP contribution in [-0.4, -0.2) is 28.6 Å². The van der Waals surface area contributed by atoms with Crippen molar-refractivity contribution in [1.29, 1.82) is 0 Å². The van der Waals surface area contributed by atoms with E-state index in [1.54, 1.807) is 0 Å². The molecule has 0 aliphatic heterocycles. The Morgan fingerprint density at radius 1 is 1.15 bits per heavy atom. The Morgan fingerprint density at radius 3 is 2.37 bits per heavy atom. The van der Waals surface area contributed by atoms with Gasteiger partial charge in [-0.25, -0.2) is 4.39 Å². The molecule has 8 heteroatoms. The minimum Gasteiger partial charge on any atom is -0.496 e. The first-order valence-corrected chi connectivity index (χ1v) is 8.18. The molecule has 1 unspecified atom stereocenters. The van der Waals surface area contributed by atoms with Crippen molar-refractivity contribution in [3.05, 3.63) is 64.3 Å². The lowest BCUT2D eigenvalue weighted by Crippen LogP contribution is -2.53. The average Bonchev–Trinajstić information content (AvgIpc) is 2.55. The smallest absolute Gasteiger partial charge is 0.418 e. The molecule has 4 nitrogen and oxygen atoms in total. The fraction of sp³-hybridized carbons (Fsp3) is 0.421. The summed E-state index contributed by atoms with van der Waals surface area (Å²) in [5.74, 6) is -0.420. The third-order valence-electron chi connectivity index (χ3n) is 4.48. The van der Waals surface area contributed by atoms with E-state index < -0.39 is 41.5 Å². The van der Waals surface area contributed by atoms with Crippen LogP contribution in [0.2, 0.25) is 0 Å². The van der Waals surface area contributed by atoms with Crippen LogP contribution in [0.3, 0.4) is 0 Å². The molecule has 0 aliphatic carbocycles. The lowest BCUT2D eigenvalue weighted by molar-refractivity contribution is -0.271. The van der Waals surface area contributed by atoms with Gasteiger partial charge in [0, 0.05) is 17.8 Å². The van der Waals surface area contributed by atoms with Crippen LogP contribution in [0.25, 0.3) is 0 Å². The maximum atomic E-state index is 13.8. The van der Waals surface area contributed by atoms with Crippen LogP contribution in [0, 0.1) is 5.82 Å². The van der Waals surface area contributed by atoms with Gasteiger partial charge < -0.3 is 14.4 Å². The van der Waals surface area contributed by atoms with Crippen LogP contribution in [0.4, 0.5) is 17.6 Å². The van der Waals surface area contributed by atoms with Crippen molar-refractivity contribution < 1.29 is 27.4 Å². The summed E-state index contributed by atoms with van der Waals surface area (Å²) < 4.78 is 60.9. The van der Waals surface area contributed by atoms with Gasteiger partial charge in [-0.2, -0.15) is 13.2 Å². The molecule has 0 spiro atoms. The van der Waals surface area contributed by atoms with E-state index in [-0.39, 0.29) is 11.3 Å². The zero-order valence-electron chi connectivity index (χ0n) is 15.2. The highest BCUT2D eigenvalue weighted by Gasteiger charge is 2.56. The highest BCUT2D eigenvalue weighted by molar-refractivity contribution is 5.39. The molecule has 0 bridgehead atoms. The Kier molecular flexibility index (Phi) is 5.70. The third-order valence-corrected chi connectivity index (χ3v) is 4.48. The van der Waals surface area contributed by atoms with Crippen LogP contribution in [0.15, 0.2) is 47.4 Å². The first-order valence-electron chi connectivity index (χ1n) is 8.18. The molecule has 1 heterocycles. The number of aromatic nitrogens is 1. The van der Waals surface area contributed by atoms with Crippen molar-refractivity contribution in [1.82, 2.24) is 4.57 Å². The predicted octanol–water partition coefficient (Wildman–Crippen LogP) is 3.66. The molecule has 148 valence electrons. The van der Waals surface area contributed by atoms with Crippen LogP contribution in [0.1, 0.15) is 25.8 Å². The first kappa shape index (κ1) is 21.0. The largest absolute Gasteiger partial charge is 0.496 e. The quantitative estimate of drug-likeness (QED) is 0.770. The SMILES string of the molecule is COc1ccc(F)cc1C(C)(C)CC(O)(Cn1ccccc1=O)C(F)(F)F. The maximum absolute atomic E-state index is 13.8. The van der Waals surface area contributed by atoms with Crippen molar-refractivity contribution in [2.24, 2.45) is 0 Å². The normalized spacial score (nSPS) is 14.7. The Balaban J connectivity index is 2.48. The molecule has 0 fully saturated rings. The number of hydrogen-bond acceptors (Lipinski definition) is 3. The van der Waals surface area contributed by atoms with Gasteiger partial charge in [0.05, 0.1) is 13.7 Å². The second-order valence-electron chi connectivity index (χ2n) is 7.10. The molecule has 0 saturated heterocycles. The van der Waals surface area contributed by atoms with Gasteiger partial charge in [-0.1, -0.05) is 19.9 Å². The van der Waals surface area contributed by atoms with Gasteiger partial charge in [0.25, 0.3) is 5.56 Å². The van der Waals surface area contributed by atoms with E-state index in [0.29, 0.717) is 0 Å². The van der Waals surface area contributed by atoms with E-state index in [1.165, 1.54) is 45.4 Å². The summed E-state index contributed by atoms with van der Waals surface area (Å²) in [4.78, 5) is 11.8. The van der Waals surface area contributed by atoms with E-state index in [0.717, 1.165) is 22.8 Å². The highest BCUT2D eigenvalue weighted by atomic mass is 19.4.